The third kappa shape index (κ3) is 3.80. The summed E-state index contributed by atoms with van der Waals surface area (Å²) >= 11 is 0. The van der Waals surface area contributed by atoms with Crippen LogP contribution in [0.4, 0.5) is 10.1 Å². The number of rotatable bonds is 7. The molecule has 0 saturated carbocycles. The summed E-state index contributed by atoms with van der Waals surface area (Å²) in [5.74, 6) is -0.212. The minimum atomic E-state index is -3.71. The molecule has 0 N–H and O–H groups in total. The lowest BCUT2D eigenvalue weighted by atomic mass is 10.1. The quantitative estimate of drug-likeness (QED) is 0.147. The molecule has 0 aliphatic carbocycles. The largest absolute Gasteiger partial charge is 0.434 e. The molecular weight excluding hydrogens is 432 g/mol. The Morgan fingerprint density at radius 1 is 0.848 bits per heavy atom. The Kier molecular flexibility index (Phi) is 5.48. The average molecular weight is 455 g/mol. The van der Waals surface area contributed by atoms with E-state index in [2.05, 4.69) is 4.98 Å². The number of halogens is 1. The summed E-state index contributed by atoms with van der Waals surface area (Å²) in [4.78, 5) is 14.5. The predicted octanol–water partition coefficient (Wildman–Crippen LogP) is 5.22. The topological polar surface area (TPSA) is 61.0 Å². The van der Waals surface area contributed by atoms with Crippen LogP contribution in [0.2, 0.25) is 6.04 Å². The number of hydrogen-bond acceptors (Lipinski definition) is 3. The molecule has 0 aliphatic rings. The second-order valence-corrected chi connectivity index (χ2v) is 11.3. The highest BCUT2D eigenvalue weighted by molar-refractivity contribution is 6.99. The molecular formula is C26H22FN3O2Si. The van der Waals surface area contributed by atoms with Crippen LogP contribution in [0.3, 0.4) is 0 Å². The van der Waals surface area contributed by atoms with E-state index >= 15 is 4.11 Å². The van der Waals surface area contributed by atoms with Crippen molar-refractivity contribution in [3.63, 3.8) is 0 Å². The van der Waals surface area contributed by atoms with Gasteiger partial charge in [0.2, 0.25) is 0 Å². The van der Waals surface area contributed by atoms with E-state index in [0.29, 0.717) is 19.0 Å². The highest BCUT2D eigenvalue weighted by Crippen LogP contribution is 2.25. The molecule has 164 valence electrons. The van der Waals surface area contributed by atoms with E-state index in [-0.39, 0.29) is 5.95 Å². The minimum Gasteiger partial charge on any atom is -0.390 e. The molecule has 33 heavy (non-hydrogen) atoms. The molecule has 0 unspecified atom stereocenters. The maximum Gasteiger partial charge on any atom is 0.434 e. The first-order chi connectivity index (χ1) is 16.1. The van der Waals surface area contributed by atoms with Crippen LogP contribution in [-0.4, -0.2) is 22.9 Å². The maximum absolute atomic E-state index is 17.6. The number of nitrogens with zero attached hydrogens (tertiary/aromatic N) is 3. The molecule has 0 aliphatic heterocycles. The predicted molar refractivity (Wildman–Crippen MR) is 132 cm³/mol. The molecule has 0 amide bonds. The monoisotopic (exact) mass is 454 g/mol. The Morgan fingerprint density at radius 2 is 1.39 bits per heavy atom. The molecule has 4 aromatic carbocycles. The fraction of sp³-hybridized carbons (Fsp3) is 0.115. The molecule has 0 bridgehead atoms. The molecule has 0 radical (unpaired) electrons. The molecule has 0 atom stereocenters. The van der Waals surface area contributed by atoms with E-state index in [0.717, 1.165) is 31.9 Å². The lowest BCUT2D eigenvalue weighted by Gasteiger charge is -2.26. The van der Waals surface area contributed by atoms with Gasteiger partial charge in [-0.3, -0.25) is 0 Å². The molecule has 5 aromatic rings. The van der Waals surface area contributed by atoms with Gasteiger partial charge in [0.15, 0.2) is 0 Å². The van der Waals surface area contributed by atoms with Crippen LogP contribution in [0, 0.1) is 10.1 Å². The van der Waals surface area contributed by atoms with Crippen LogP contribution < -0.4 is 10.4 Å². The zero-order valence-corrected chi connectivity index (χ0v) is 18.9. The molecule has 5 rings (SSSR count). The summed E-state index contributed by atoms with van der Waals surface area (Å²) in [5, 5.41) is 16.6. The highest BCUT2D eigenvalue weighted by Gasteiger charge is 2.41. The number of aromatic nitrogens is 2. The lowest BCUT2D eigenvalue weighted by Crippen LogP contribution is -2.55. The van der Waals surface area contributed by atoms with Gasteiger partial charge < -0.3 is 14.2 Å². The van der Waals surface area contributed by atoms with Crippen molar-refractivity contribution in [1.29, 1.82) is 0 Å². The fourth-order valence-corrected chi connectivity index (χ4v) is 8.20. The van der Waals surface area contributed by atoms with Gasteiger partial charge in [-0.2, -0.15) is 0 Å². The first-order valence-corrected chi connectivity index (χ1v) is 13.0. The van der Waals surface area contributed by atoms with Gasteiger partial charge in [-0.05, 0) is 49.3 Å². The summed E-state index contributed by atoms with van der Waals surface area (Å²) in [6, 6.07) is 27.8. The maximum atomic E-state index is 17.6. The van der Waals surface area contributed by atoms with Gasteiger partial charge >= 0.3 is 14.4 Å². The molecule has 5 nitrogen and oxygen atoms in total. The summed E-state index contributed by atoms with van der Waals surface area (Å²) in [7, 11) is -3.71. The van der Waals surface area contributed by atoms with Crippen molar-refractivity contribution in [3.8, 4) is 0 Å². The lowest BCUT2D eigenvalue weighted by molar-refractivity contribution is -0.396. The molecule has 7 heteroatoms. The van der Waals surface area contributed by atoms with E-state index < -0.39 is 13.3 Å². The van der Waals surface area contributed by atoms with Gasteiger partial charge in [0, 0.05) is 0 Å². The Bertz CT molecular complexity index is 1380. The van der Waals surface area contributed by atoms with Gasteiger partial charge in [0.05, 0.1) is 6.54 Å². The SMILES string of the molecule is O=[N+]([O-])c1nccn1CCC[Si]([18F])(c1cccc2ccccc12)c1cccc2ccccc12. The molecule has 0 spiro atoms. The van der Waals surface area contributed by atoms with Gasteiger partial charge in [0.1, 0.15) is 12.4 Å². The van der Waals surface area contributed by atoms with Gasteiger partial charge in [-0.25, -0.2) is 4.57 Å². The number of benzene rings is 4. The first kappa shape index (κ1) is 21.0. The summed E-state index contributed by atoms with van der Waals surface area (Å²) in [6.07, 6.45) is 3.45. The van der Waals surface area contributed by atoms with Crippen molar-refractivity contribution < 1.29 is 9.03 Å². The Balaban J connectivity index is 1.62. The van der Waals surface area contributed by atoms with E-state index in [9.17, 15) is 10.1 Å². The van der Waals surface area contributed by atoms with Crippen molar-refractivity contribution >= 4 is 46.3 Å². The molecule has 0 saturated heterocycles. The third-order valence-electron chi connectivity index (χ3n) is 6.21. The number of fused-ring (bicyclic) bond motifs is 2. The molecule has 0 fully saturated rings. The van der Waals surface area contributed by atoms with Crippen LogP contribution in [0.25, 0.3) is 21.5 Å². The van der Waals surface area contributed by atoms with E-state index in [1.807, 2.05) is 84.9 Å². The number of hydrogen-bond donors (Lipinski definition) is 0. The van der Waals surface area contributed by atoms with Crippen molar-refractivity contribution in [2.24, 2.45) is 0 Å². The molecule has 1 heterocycles. The van der Waals surface area contributed by atoms with Crippen LogP contribution in [-0.2, 0) is 6.54 Å². The Hall–Kier alpha value is -3.84. The zero-order valence-electron chi connectivity index (χ0n) is 17.9. The Labute approximate surface area is 191 Å². The van der Waals surface area contributed by atoms with E-state index in [1.54, 1.807) is 6.20 Å². The van der Waals surface area contributed by atoms with E-state index in [1.165, 1.54) is 10.8 Å². The smallest absolute Gasteiger partial charge is 0.390 e. The second kappa shape index (κ2) is 8.59. The van der Waals surface area contributed by atoms with Crippen molar-refractivity contribution in [2.75, 3.05) is 0 Å². The van der Waals surface area contributed by atoms with E-state index in [4.69, 9.17) is 0 Å². The fourth-order valence-electron chi connectivity index (χ4n) is 4.70. The standard InChI is InChI=1S/C26H22FN3O2Si/c27-33(19-7-17-29-18-16-28-26(29)30(31)32,24-14-5-10-20-8-1-3-12-22(20)24)25-15-6-11-21-9-2-4-13-23(21)25/h1-6,8-16,18H,7,17,19H2/i27-1. The molecule has 1 aromatic heterocycles. The summed E-state index contributed by atoms with van der Waals surface area (Å²) in [5.41, 5.74) is 0. The van der Waals surface area contributed by atoms with Crippen LogP contribution >= 0.6 is 0 Å². The number of nitro groups is 1. The first-order valence-electron chi connectivity index (χ1n) is 10.9. The minimum absolute atomic E-state index is 0.212. The van der Waals surface area contributed by atoms with Crippen molar-refractivity contribution in [3.05, 3.63) is 107 Å². The van der Waals surface area contributed by atoms with Crippen LogP contribution in [0.5, 0.6) is 0 Å². The van der Waals surface area contributed by atoms with Gasteiger partial charge in [-0.15, -0.1) is 0 Å². The normalized spacial score (nSPS) is 11.8. The van der Waals surface area contributed by atoms with Crippen LogP contribution in [0.15, 0.2) is 97.3 Å². The number of imidazole rings is 1. The van der Waals surface area contributed by atoms with Gasteiger partial charge in [-0.1, -0.05) is 89.9 Å². The Morgan fingerprint density at radius 3 is 1.97 bits per heavy atom. The van der Waals surface area contributed by atoms with Crippen molar-refractivity contribution in [1.82, 2.24) is 9.55 Å². The average Bonchev–Trinajstić information content (AvgIpc) is 3.32. The van der Waals surface area contributed by atoms with Crippen molar-refractivity contribution in [2.45, 2.75) is 19.0 Å². The number of aryl methyl sites for hydroxylation is 1. The highest BCUT2D eigenvalue weighted by atomic mass is 28.4. The summed E-state index contributed by atoms with van der Waals surface area (Å²) < 4.78 is 19.1. The third-order valence-corrected chi connectivity index (χ3v) is 9.83. The summed E-state index contributed by atoms with van der Waals surface area (Å²) in [6.45, 7) is 0.338. The zero-order chi connectivity index (χ0) is 22.8. The van der Waals surface area contributed by atoms with Gasteiger partial charge in [0.25, 0.3) is 0 Å². The van der Waals surface area contributed by atoms with Crippen LogP contribution in [0.1, 0.15) is 6.42 Å². The second-order valence-electron chi connectivity index (χ2n) is 8.14.